The monoisotopic (exact) mass is 279 g/mol. The highest BCUT2D eigenvalue weighted by atomic mass is 19.4. The van der Waals surface area contributed by atoms with Gasteiger partial charge in [-0.1, -0.05) is 18.2 Å². The Labute approximate surface area is 114 Å². The van der Waals surface area contributed by atoms with Crippen molar-refractivity contribution in [3.8, 4) is 11.1 Å². The van der Waals surface area contributed by atoms with Crippen molar-refractivity contribution in [3.05, 3.63) is 53.9 Å². The maximum atomic E-state index is 12.5. The maximum Gasteiger partial charge on any atom is 0.416 e. The number of pyridine rings is 1. The number of hydrogen-bond acceptors (Lipinski definition) is 2. The van der Waals surface area contributed by atoms with Crippen molar-refractivity contribution in [2.24, 2.45) is 0 Å². The number of aromatic nitrogens is 1. The Hall–Kier alpha value is -2.17. The molecule has 0 aliphatic carbocycles. The molecular formula is C15H12F3NO. The van der Waals surface area contributed by atoms with Crippen LogP contribution in [0.4, 0.5) is 13.2 Å². The van der Waals surface area contributed by atoms with E-state index in [2.05, 4.69) is 4.98 Å². The fourth-order valence-electron chi connectivity index (χ4n) is 1.80. The van der Waals surface area contributed by atoms with E-state index in [1.807, 2.05) is 0 Å². The molecule has 5 heteroatoms. The molecule has 104 valence electrons. The number of aryl methyl sites for hydroxylation is 1. The van der Waals surface area contributed by atoms with Gasteiger partial charge < -0.3 is 4.79 Å². The van der Waals surface area contributed by atoms with Crippen LogP contribution in [0.25, 0.3) is 11.1 Å². The summed E-state index contributed by atoms with van der Waals surface area (Å²) in [6.07, 6.45) is -0.924. The lowest BCUT2D eigenvalue weighted by molar-refractivity contribution is -0.137. The lowest BCUT2D eigenvalue weighted by atomic mass is 10.0. The molecule has 0 radical (unpaired) electrons. The van der Waals surface area contributed by atoms with Crippen LogP contribution < -0.4 is 0 Å². The summed E-state index contributed by atoms with van der Waals surface area (Å²) in [4.78, 5) is 14.4. The molecule has 0 atom stereocenters. The first kappa shape index (κ1) is 14.2. The molecule has 0 saturated heterocycles. The molecule has 20 heavy (non-hydrogen) atoms. The Bertz CT molecular complexity index is 574. The summed E-state index contributed by atoms with van der Waals surface area (Å²) in [6.45, 7) is 0. The van der Waals surface area contributed by atoms with Crippen LogP contribution in [0.15, 0.2) is 42.6 Å². The highest BCUT2D eigenvalue weighted by Gasteiger charge is 2.29. The minimum Gasteiger partial charge on any atom is -0.303 e. The summed E-state index contributed by atoms with van der Waals surface area (Å²) >= 11 is 0. The Balaban J connectivity index is 2.17. The molecule has 0 bridgehead atoms. The fraction of sp³-hybridized carbons (Fsp3) is 0.200. The second-order valence-corrected chi connectivity index (χ2v) is 4.32. The molecule has 1 aromatic carbocycles. The zero-order chi connectivity index (χ0) is 14.6. The van der Waals surface area contributed by atoms with Crippen molar-refractivity contribution in [1.29, 1.82) is 0 Å². The van der Waals surface area contributed by atoms with Crippen LogP contribution in [0.3, 0.4) is 0 Å². The van der Waals surface area contributed by atoms with Gasteiger partial charge in [0.1, 0.15) is 6.29 Å². The number of hydrogen-bond donors (Lipinski definition) is 0. The number of benzene rings is 1. The standard InChI is InChI=1S/C15H12F3NO/c16-15(17,18)13-6-3-11(4-7-13)12-5-8-14(19-10-12)2-1-9-20/h3-10H,1-2H2. The van der Waals surface area contributed by atoms with Crippen LogP contribution >= 0.6 is 0 Å². The minimum atomic E-state index is -4.32. The number of carbonyl (C=O) groups is 1. The zero-order valence-corrected chi connectivity index (χ0v) is 10.5. The van der Waals surface area contributed by atoms with Crippen LogP contribution in [0.5, 0.6) is 0 Å². The summed E-state index contributed by atoms with van der Waals surface area (Å²) in [5.74, 6) is 0. The van der Waals surface area contributed by atoms with Gasteiger partial charge in [0.05, 0.1) is 5.56 Å². The van der Waals surface area contributed by atoms with Crippen LogP contribution in [0, 0.1) is 0 Å². The second kappa shape index (κ2) is 5.86. The van der Waals surface area contributed by atoms with Crippen molar-refractivity contribution in [3.63, 3.8) is 0 Å². The normalized spacial score (nSPS) is 11.3. The third-order valence-electron chi connectivity index (χ3n) is 2.89. The van der Waals surface area contributed by atoms with Crippen molar-refractivity contribution in [2.75, 3.05) is 0 Å². The van der Waals surface area contributed by atoms with E-state index in [1.54, 1.807) is 18.3 Å². The number of rotatable bonds is 4. The number of carbonyl (C=O) groups excluding carboxylic acids is 1. The number of nitrogens with zero attached hydrogens (tertiary/aromatic N) is 1. The third kappa shape index (κ3) is 3.44. The summed E-state index contributed by atoms with van der Waals surface area (Å²) < 4.78 is 37.4. The van der Waals surface area contributed by atoms with Gasteiger partial charge in [0, 0.05) is 23.9 Å². The van der Waals surface area contributed by atoms with Gasteiger partial charge >= 0.3 is 6.18 Å². The summed E-state index contributed by atoms with van der Waals surface area (Å²) in [7, 11) is 0. The van der Waals surface area contributed by atoms with Crippen molar-refractivity contribution in [2.45, 2.75) is 19.0 Å². The van der Waals surface area contributed by atoms with Crippen LogP contribution in [0.1, 0.15) is 17.7 Å². The second-order valence-electron chi connectivity index (χ2n) is 4.32. The molecule has 0 aliphatic heterocycles. The molecule has 0 aliphatic rings. The van der Waals surface area contributed by atoms with E-state index in [-0.39, 0.29) is 0 Å². The lowest BCUT2D eigenvalue weighted by Crippen LogP contribution is -2.04. The van der Waals surface area contributed by atoms with Gasteiger partial charge in [0.25, 0.3) is 0 Å². The molecule has 0 N–H and O–H groups in total. The van der Waals surface area contributed by atoms with E-state index >= 15 is 0 Å². The summed E-state index contributed by atoms with van der Waals surface area (Å²) in [5, 5.41) is 0. The average molecular weight is 279 g/mol. The van der Waals surface area contributed by atoms with Gasteiger partial charge in [-0.25, -0.2) is 0 Å². The Morgan fingerprint density at radius 2 is 1.65 bits per heavy atom. The van der Waals surface area contributed by atoms with Crippen LogP contribution in [-0.4, -0.2) is 11.3 Å². The SMILES string of the molecule is O=CCCc1ccc(-c2ccc(C(F)(F)F)cc2)cn1. The minimum absolute atomic E-state index is 0.409. The first-order valence-corrected chi connectivity index (χ1v) is 6.07. The van der Waals surface area contributed by atoms with E-state index < -0.39 is 11.7 Å². The van der Waals surface area contributed by atoms with E-state index in [1.165, 1.54) is 12.1 Å². The van der Waals surface area contributed by atoms with Crippen molar-refractivity contribution < 1.29 is 18.0 Å². The molecule has 0 spiro atoms. The fourth-order valence-corrected chi connectivity index (χ4v) is 1.80. The first-order valence-electron chi connectivity index (χ1n) is 6.07. The highest BCUT2D eigenvalue weighted by Crippen LogP contribution is 2.30. The van der Waals surface area contributed by atoms with E-state index in [0.717, 1.165) is 29.7 Å². The molecule has 0 unspecified atom stereocenters. The number of aldehydes is 1. The molecule has 2 aromatic rings. The smallest absolute Gasteiger partial charge is 0.303 e. The van der Waals surface area contributed by atoms with Crippen molar-refractivity contribution >= 4 is 6.29 Å². The largest absolute Gasteiger partial charge is 0.416 e. The number of halogens is 3. The molecule has 2 rings (SSSR count). The van der Waals surface area contributed by atoms with Crippen molar-refractivity contribution in [1.82, 2.24) is 4.98 Å². The maximum absolute atomic E-state index is 12.5. The third-order valence-corrected chi connectivity index (χ3v) is 2.89. The van der Waals surface area contributed by atoms with Gasteiger partial charge in [-0.15, -0.1) is 0 Å². The molecule has 0 saturated carbocycles. The van der Waals surface area contributed by atoms with E-state index in [4.69, 9.17) is 0 Å². The highest BCUT2D eigenvalue weighted by molar-refractivity contribution is 5.62. The zero-order valence-electron chi connectivity index (χ0n) is 10.5. The Morgan fingerprint density at radius 3 is 2.15 bits per heavy atom. The topological polar surface area (TPSA) is 30.0 Å². The number of alkyl halides is 3. The van der Waals surface area contributed by atoms with Crippen LogP contribution in [-0.2, 0) is 17.4 Å². The molecule has 1 aromatic heterocycles. The van der Waals surface area contributed by atoms with E-state index in [0.29, 0.717) is 18.4 Å². The molecule has 0 fully saturated rings. The van der Waals surface area contributed by atoms with Gasteiger partial charge in [0.15, 0.2) is 0 Å². The predicted octanol–water partition coefficient (Wildman–Crippen LogP) is 3.90. The average Bonchev–Trinajstić information content (AvgIpc) is 2.45. The first-order chi connectivity index (χ1) is 9.50. The van der Waals surface area contributed by atoms with Gasteiger partial charge in [-0.3, -0.25) is 4.98 Å². The predicted molar refractivity (Wildman–Crippen MR) is 69.1 cm³/mol. The van der Waals surface area contributed by atoms with Gasteiger partial charge in [-0.2, -0.15) is 13.2 Å². The molecule has 2 nitrogen and oxygen atoms in total. The lowest BCUT2D eigenvalue weighted by Gasteiger charge is -2.08. The van der Waals surface area contributed by atoms with Gasteiger partial charge in [0.2, 0.25) is 0 Å². The van der Waals surface area contributed by atoms with Gasteiger partial charge in [-0.05, 0) is 30.2 Å². The molecule has 0 amide bonds. The molecular weight excluding hydrogens is 267 g/mol. The summed E-state index contributed by atoms with van der Waals surface area (Å²) in [5.41, 5.74) is 1.53. The molecule has 1 heterocycles. The Morgan fingerprint density at radius 1 is 1.00 bits per heavy atom. The van der Waals surface area contributed by atoms with E-state index in [9.17, 15) is 18.0 Å². The Kier molecular flexibility index (Phi) is 4.17. The summed E-state index contributed by atoms with van der Waals surface area (Å²) in [6, 6.07) is 8.51. The van der Waals surface area contributed by atoms with Crippen LogP contribution in [0.2, 0.25) is 0 Å². The quantitative estimate of drug-likeness (QED) is 0.794.